The van der Waals surface area contributed by atoms with Crippen LogP contribution in [0.4, 0.5) is 11.4 Å². The van der Waals surface area contributed by atoms with E-state index in [0.29, 0.717) is 0 Å². The lowest BCUT2D eigenvalue weighted by Crippen LogP contribution is -2.28. The van der Waals surface area contributed by atoms with Gasteiger partial charge < -0.3 is 20.1 Å². The first-order valence-electron chi connectivity index (χ1n) is 14.9. The molecule has 0 aromatic heterocycles. The van der Waals surface area contributed by atoms with E-state index in [2.05, 4.69) is 85.1 Å². The third-order valence-electron chi connectivity index (χ3n) is 7.74. The number of ether oxygens (including phenoxy) is 2. The molecule has 2 N–H and O–H groups in total. The average Bonchev–Trinajstić information content (AvgIpc) is 3.02. The Morgan fingerprint density at radius 1 is 0.595 bits per heavy atom. The fourth-order valence-electron chi connectivity index (χ4n) is 5.40. The van der Waals surface area contributed by atoms with E-state index in [1.165, 1.54) is 22.3 Å². The van der Waals surface area contributed by atoms with E-state index in [1.807, 2.05) is 24.3 Å². The molecule has 0 fully saturated rings. The molecule has 2 unspecified atom stereocenters. The van der Waals surface area contributed by atoms with Gasteiger partial charge in [0, 0.05) is 21.2 Å². The molecule has 0 aliphatic heterocycles. The smallest absolute Gasteiger partial charge is 0.120 e. The summed E-state index contributed by atoms with van der Waals surface area (Å²) in [4.78, 5) is 1.67. The van der Waals surface area contributed by atoms with E-state index in [9.17, 15) is 0 Å². The van der Waals surface area contributed by atoms with Crippen LogP contribution in [-0.2, 0) is 12.8 Å². The highest BCUT2D eigenvalue weighted by Crippen LogP contribution is 2.41. The molecule has 0 spiro atoms. The van der Waals surface area contributed by atoms with Crippen molar-refractivity contribution < 1.29 is 9.47 Å². The van der Waals surface area contributed by atoms with E-state index >= 15 is 0 Å². The van der Waals surface area contributed by atoms with Crippen LogP contribution in [-0.4, -0.2) is 14.2 Å². The van der Waals surface area contributed by atoms with Gasteiger partial charge in [-0.2, -0.15) is 0 Å². The zero-order chi connectivity index (χ0) is 29.9. The second kappa shape index (κ2) is 15.9. The van der Waals surface area contributed by atoms with Gasteiger partial charge in [0.15, 0.2) is 0 Å². The maximum absolute atomic E-state index is 5.48. The van der Waals surface area contributed by atoms with Crippen molar-refractivity contribution in [1.82, 2.24) is 0 Å². The summed E-state index contributed by atoms with van der Waals surface area (Å²) in [5, 5.41) is 7.86. The van der Waals surface area contributed by atoms with Crippen molar-refractivity contribution in [3.8, 4) is 11.5 Å². The van der Waals surface area contributed by atoms with E-state index < -0.39 is 0 Å². The molecule has 0 saturated carbocycles. The minimum Gasteiger partial charge on any atom is -0.497 e. The normalized spacial score (nSPS) is 12.4. The molecule has 4 rings (SSSR count). The van der Waals surface area contributed by atoms with Crippen LogP contribution in [0.25, 0.3) is 0 Å². The number of unbranched alkanes of at least 4 members (excludes halogenated alkanes) is 2. The highest BCUT2D eigenvalue weighted by molar-refractivity contribution is 7.80. The molecule has 0 radical (unpaired) electrons. The van der Waals surface area contributed by atoms with Gasteiger partial charge in [-0.1, -0.05) is 75.2 Å². The molecule has 42 heavy (non-hydrogen) atoms. The monoisotopic (exact) mass is 600 g/mol. The standard InChI is InChI=1S/C36H44N2O2S2/c1-5-7-13-25-15-9-11-17-29(25)35(37-31-21-19-27(39-3)23-33(31)41)36(30-18-12-10-16-26(30)14-8-6-2)38-32-22-20-28(40-4)24-34(32)42/h9-12,15-24,35-38,41-42H,5-8,13-14H2,1-4H3. The summed E-state index contributed by atoms with van der Waals surface area (Å²) in [6, 6.07) is 29.4. The first-order chi connectivity index (χ1) is 20.5. The van der Waals surface area contributed by atoms with Gasteiger partial charge >= 0.3 is 0 Å². The van der Waals surface area contributed by atoms with Crippen molar-refractivity contribution in [2.75, 3.05) is 24.9 Å². The second-order valence-electron chi connectivity index (χ2n) is 10.6. The van der Waals surface area contributed by atoms with E-state index in [4.69, 9.17) is 34.7 Å². The summed E-state index contributed by atoms with van der Waals surface area (Å²) >= 11 is 9.72. The van der Waals surface area contributed by atoms with Crippen molar-refractivity contribution in [3.05, 3.63) is 107 Å². The van der Waals surface area contributed by atoms with Gasteiger partial charge in [0.25, 0.3) is 0 Å². The number of thiol groups is 2. The maximum Gasteiger partial charge on any atom is 0.120 e. The molecule has 222 valence electrons. The molecule has 4 aromatic carbocycles. The molecule has 0 saturated heterocycles. The fourth-order valence-corrected chi connectivity index (χ4v) is 5.93. The Morgan fingerprint density at radius 3 is 1.36 bits per heavy atom. The summed E-state index contributed by atoms with van der Waals surface area (Å²) < 4.78 is 11.0. The highest BCUT2D eigenvalue weighted by Gasteiger charge is 2.29. The van der Waals surface area contributed by atoms with Crippen LogP contribution in [0.15, 0.2) is 94.7 Å². The van der Waals surface area contributed by atoms with Crippen LogP contribution >= 0.6 is 25.3 Å². The predicted octanol–water partition coefficient (Wildman–Crippen LogP) is 9.97. The molecule has 2 atom stereocenters. The van der Waals surface area contributed by atoms with Gasteiger partial charge in [0.1, 0.15) is 11.5 Å². The molecular formula is C36H44N2O2S2. The summed E-state index contributed by atoms with van der Waals surface area (Å²) in [6.45, 7) is 4.49. The Hall–Kier alpha value is -3.22. The van der Waals surface area contributed by atoms with E-state index in [-0.39, 0.29) is 12.1 Å². The van der Waals surface area contributed by atoms with Crippen LogP contribution in [0.2, 0.25) is 0 Å². The Labute approximate surface area is 263 Å². The van der Waals surface area contributed by atoms with Gasteiger partial charge in [0.2, 0.25) is 0 Å². The second-order valence-corrected chi connectivity index (χ2v) is 11.6. The lowest BCUT2D eigenvalue weighted by atomic mass is 9.85. The first-order valence-corrected chi connectivity index (χ1v) is 15.8. The van der Waals surface area contributed by atoms with Crippen molar-refractivity contribution >= 4 is 36.6 Å². The number of benzene rings is 4. The van der Waals surface area contributed by atoms with Crippen LogP contribution < -0.4 is 20.1 Å². The zero-order valence-corrected chi connectivity index (χ0v) is 27.0. The van der Waals surface area contributed by atoms with Gasteiger partial charge in [-0.25, -0.2) is 0 Å². The third-order valence-corrected chi connectivity index (χ3v) is 8.48. The number of aryl methyl sites for hydroxylation is 2. The minimum absolute atomic E-state index is 0.116. The van der Waals surface area contributed by atoms with Crippen LogP contribution in [0, 0.1) is 0 Å². The molecule has 0 amide bonds. The Kier molecular flexibility index (Phi) is 12.0. The van der Waals surface area contributed by atoms with Gasteiger partial charge in [-0.3, -0.25) is 0 Å². The minimum atomic E-state index is -0.116. The molecule has 0 aliphatic carbocycles. The van der Waals surface area contributed by atoms with Crippen molar-refractivity contribution in [2.45, 2.75) is 74.2 Å². The summed E-state index contributed by atoms with van der Waals surface area (Å²) in [5.74, 6) is 1.56. The maximum atomic E-state index is 5.48. The lowest BCUT2D eigenvalue weighted by Gasteiger charge is -2.34. The van der Waals surface area contributed by atoms with Crippen molar-refractivity contribution in [2.24, 2.45) is 0 Å². The van der Waals surface area contributed by atoms with Crippen LogP contribution in [0.3, 0.4) is 0 Å². The molecule has 4 nitrogen and oxygen atoms in total. The Balaban J connectivity index is 1.91. The van der Waals surface area contributed by atoms with Crippen LogP contribution in [0.5, 0.6) is 11.5 Å². The van der Waals surface area contributed by atoms with Crippen LogP contribution in [0.1, 0.15) is 73.9 Å². The largest absolute Gasteiger partial charge is 0.497 e. The molecule has 0 aliphatic rings. The topological polar surface area (TPSA) is 42.5 Å². The number of methoxy groups -OCH3 is 2. The SMILES string of the molecule is CCCCc1ccccc1C(Nc1ccc(OC)cc1S)C(Nc1ccc(OC)cc1S)c1ccccc1CCCC. The summed E-state index contributed by atoms with van der Waals surface area (Å²) in [6.07, 6.45) is 6.59. The number of rotatable bonds is 15. The summed E-state index contributed by atoms with van der Waals surface area (Å²) in [7, 11) is 3.36. The molecule has 6 heteroatoms. The van der Waals surface area contributed by atoms with Gasteiger partial charge in [0.05, 0.1) is 26.3 Å². The lowest BCUT2D eigenvalue weighted by molar-refractivity contribution is 0.413. The molecule has 4 aromatic rings. The zero-order valence-electron chi connectivity index (χ0n) is 25.2. The van der Waals surface area contributed by atoms with Gasteiger partial charge in [-0.15, -0.1) is 25.3 Å². The Morgan fingerprint density at radius 2 is 1.00 bits per heavy atom. The number of hydrogen-bond acceptors (Lipinski definition) is 6. The number of nitrogens with one attached hydrogen (secondary N) is 2. The molecule has 0 heterocycles. The molecular weight excluding hydrogens is 557 g/mol. The van der Waals surface area contributed by atoms with Crippen molar-refractivity contribution in [3.63, 3.8) is 0 Å². The average molecular weight is 601 g/mol. The van der Waals surface area contributed by atoms with Crippen molar-refractivity contribution in [1.29, 1.82) is 0 Å². The number of hydrogen-bond donors (Lipinski definition) is 4. The third kappa shape index (κ3) is 7.99. The van der Waals surface area contributed by atoms with E-state index in [0.717, 1.165) is 71.2 Å². The summed E-state index contributed by atoms with van der Waals surface area (Å²) in [5.41, 5.74) is 7.15. The fraction of sp³-hybridized carbons (Fsp3) is 0.333. The predicted molar refractivity (Wildman–Crippen MR) is 183 cm³/mol. The van der Waals surface area contributed by atoms with E-state index in [1.54, 1.807) is 14.2 Å². The number of anilines is 2. The highest BCUT2D eigenvalue weighted by atomic mass is 32.1. The first kappa shape index (κ1) is 31.7. The Bertz CT molecular complexity index is 1330. The molecule has 0 bridgehead atoms. The quantitative estimate of drug-likeness (QED) is 0.103. The van der Waals surface area contributed by atoms with Gasteiger partial charge in [-0.05, 0) is 84.3 Å².